The number of aliphatic hydroxyl groups excluding tert-OH is 1. The average molecular weight is 412 g/mol. The minimum atomic E-state index is -0.502. The highest BCUT2D eigenvalue weighted by Crippen LogP contribution is 2.29. The molecule has 0 atom stereocenters. The normalized spacial score (nSPS) is 11.0. The summed E-state index contributed by atoms with van der Waals surface area (Å²) in [4.78, 5) is 25.3. The van der Waals surface area contributed by atoms with E-state index in [-0.39, 0.29) is 18.8 Å². The van der Waals surface area contributed by atoms with Gasteiger partial charge in [-0.15, -0.1) is 0 Å². The predicted molar refractivity (Wildman–Crippen MR) is 115 cm³/mol. The Balaban J connectivity index is 2.37. The van der Waals surface area contributed by atoms with Crippen molar-refractivity contribution in [3.63, 3.8) is 0 Å². The van der Waals surface area contributed by atoms with Crippen LogP contribution in [0.1, 0.15) is 35.3 Å². The van der Waals surface area contributed by atoms with Gasteiger partial charge in [0, 0.05) is 12.1 Å². The number of carbonyl (C=O) groups excluding carboxylic acids is 2. The van der Waals surface area contributed by atoms with E-state index in [0.29, 0.717) is 35.8 Å². The highest BCUT2D eigenvalue weighted by Gasteiger charge is 2.16. The molecule has 0 aliphatic carbocycles. The fraction of sp³-hybridized carbons (Fsp3) is 0.304. The molecule has 0 aromatic heterocycles. The highest BCUT2D eigenvalue weighted by atomic mass is 16.5. The van der Waals surface area contributed by atoms with Gasteiger partial charge >= 0.3 is 0 Å². The topological polar surface area (TPSA) is 96.9 Å². The third-order valence-corrected chi connectivity index (χ3v) is 4.16. The summed E-state index contributed by atoms with van der Waals surface area (Å²) in [6.07, 6.45) is 1.56. The first-order chi connectivity index (χ1) is 14.5. The van der Waals surface area contributed by atoms with Crippen LogP contribution < -0.4 is 20.1 Å². The number of aliphatic hydroxyl groups is 1. The lowest BCUT2D eigenvalue weighted by atomic mass is 10.1. The molecule has 0 saturated heterocycles. The predicted octanol–water partition coefficient (Wildman–Crippen LogP) is 2.67. The minimum Gasteiger partial charge on any atom is -0.490 e. The SMILES string of the molecule is CCOc1ccc(/C=C(\NC(=O)c2ccccc2C)C(=O)NCCO)cc1OCC. The Kier molecular flexibility index (Phi) is 8.90. The van der Waals surface area contributed by atoms with Gasteiger partial charge in [0.15, 0.2) is 11.5 Å². The molecule has 7 nitrogen and oxygen atoms in total. The van der Waals surface area contributed by atoms with Gasteiger partial charge in [-0.05, 0) is 56.2 Å². The van der Waals surface area contributed by atoms with Gasteiger partial charge < -0.3 is 25.2 Å². The van der Waals surface area contributed by atoms with E-state index in [0.717, 1.165) is 5.56 Å². The Bertz CT molecular complexity index is 908. The van der Waals surface area contributed by atoms with Gasteiger partial charge in [-0.25, -0.2) is 0 Å². The Morgan fingerprint density at radius 2 is 1.73 bits per heavy atom. The van der Waals surface area contributed by atoms with Gasteiger partial charge in [0.1, 0.15) is 5.70 Å². The first-order valence-electron chi connectivity index (χ1n) is 9.87. The molecule has 2 amide bonds. The number of amides is 2. The monoisotopic (exact) mass is 412 g/mol. The molecule has 2 rings (SSSR count). The van der Waals surface area contributed by atoms with Gasteiger partial charge in [-0.1, -0.05) is 24.3 Å². The van der Waals surface area contributed by atoms with Crippen LogP contribution in [0.25, 0.3) is 6.08 Å². The average Bonchev–Trinajstić information content (AvgIpc) is 2.74. The summed E-state index contributed by atoms with van der Waals surface area (Å²) in [5.41, 5.74) is 1.98. The smallest absolute Gasteiger partial charge is 0.267 e. The fourth-order valence-electron chi connectivity index (χ4n) is 2.76. The second kappa shape index (κ2) is 11.6. The van der Waals surface area contributed by atoms with Crippen molar-refractivity contribution in [3.05, 3.63) is 64.9 Å². The lowest BCUT2D eigenvalue weighted by molar-refractivity contribution is -0.117. The van der Waals surface area contributed by atoms with Crippen LogP contribution in [0, 0.1) is 6.92 Å². The zero-order valence-electron chi connectivity index (χ0n) is 17.5. The molecule has 160 valence electrons. The summed E-state index contributed by atoms with van der Waals surface area (Å²) < 4.78 is 11.2. The second-order valence-electron chi connectivity index (χ2n) is 6.38. The largest absolute Gasteiger partial charge is 0.490 e. The van der Waals surface area contributed by atoms with Crippen molar-refractivity contribution in [1.82, 2.24) is 10.6 Å². The maximum absolute atomic E-state index is 12.7. The molecule has 30 heavy (non-hydrogen) atoms. The van der Waals surface area contributed by atoms with Crippen molar-refractivity contribution >= 4 is 17.9 Å². The van der Waals surface area contributed by atoms with Crippen LogP contribution >= 0.6 is 0 Å². The molecule has 0 saturated carbocycles. The lowest BCUT2D eigenvalue weighted by Crippen LogP contribution is -2.36. The lowest BCUT2D eigenvalue weighted by Gasteiger charge is -2.13. The zero-order valence-corrected chi connectivity index (χ0v) is 17.5. The van der Waals surface area contributed by atoms with Crippen LogP contribution in [0.2, 0.25) is 0 Å². The van der Waals surface area contributed by atoms with E-state index in [4.69, 9.17) is 14.6 Å². The number of carbonyl (C=O) groups is 2. The van der Waals surface area contributed by atoms with Crippen LogP contribution in [-0.2, 0) is 4.79 Å². The fourth-order valence-corrected chi connectivity index (χ4v) is 2.76. The summed E-state index contributed by atoms with van der Waals surface area (Å²) in [7, 11) is 0. The number of hydrogen-bond acceptors (Lipinski definition) is 5. The standard InChI is InChI=1S/C23H28N2O5/c1-4-29-20-11-10-17(15-21(20)30-5-2)14-19(23(28)24-12-13-26)25-22(27)18-9-7-6-8-16(18)3/h6-11,14-15,26H,4-5,12-13H2,1-3H3,(H,24,28)(H,25,27)/b19-14-. The van der Waals surface area contributed by atoms with Gasteiger partial charge in [0.2, 0.25) is 0 Å². The van der Waals surface area contributed by atoms with Crippen LogP contribution in [0.5, 0.6) is 11.5 Å². The maximum atomic E-state index is 12.7. The second-order valence-corrected chi connectivity index (χ2v) is 6.38. The summed E-state index contributed by atoms with van der Waals surface area (Å²) in [5.74, 6) is 0.257. The summed E-state index contributed by atoms with van der Waals surface area (Å²) in [6, 6.07) is 12.4. The first-order valence-corrected chi connectivity index (χ1v) is 9.87. The Morgan fingerprint density at radius 1 is 1.03 bits per heavy atom. The molecule has 0 fully saturated rings. The molecular weight excluding hydrogens is 384 g/mol. The molecule has 2 aromatic rings. The van der Waals surface area contributed by atoms with Crippen molar-refractivity contribution in [3.8, 4) is 11.5 Å². The van der Waals surface area contributed by atoms with E-state index in [9.17, 15) is 9.59 Å². The van der Waals surface area contributed by atoms with E-state index in [1.165, 1.54) is 0 Å². The quantitative estimate of drug-likeness (QED) is 0.522. The van der Waals surface area contributed by atoms with Crippen LogP contribution in [0.3, 0.4) is 0 Å². The summed E-state index contributed by atoms with van der Waals surface area (Å²) >= 11 is 0. The van der Waals surface area contributed by atoms with Crippen LogP contribution in [0.15, 0.2) is 48.2 Å². The van der Waals surface area contributed by atoms with E-state index < -0.39 is 11.8 Å². The molecule has 0 bridgehead atoms. The number of ether oxygens (including phenoxy) is 2. The Hall–Kier alpha value is -3.32. The van der Waals surface area contributed by atoms with Gasteiger partial charge in [-0.3, -0.25) is 9.59 Å². The molecule has 2 aromatic carbocycles. The maximum Gasteiger partial charge on any atom is 0.267 e. The van der Waals surface area contributed by atoms with E-state index in [2.05, 4.69) is 10.6 Å². The zero-order chi connectivity index (χ0) is 21.9. The Morgan fingerprint density at radius 3 is 2.40 bits per heavy atom. The highest BCUT2D eigenvalue weighted by molar-refractivity contribution is 6.05. The minimum absolute atomic E-state index is 0.0586. The molecule has 0 heterocycles. The van der Waals surface area contributed by atoms with Gasteiger partial charge in [-0.2, -0.15) is 0 Å². The summed E-state index contributed by atoms with van der Waals surface area (Å²) in [6.45, 7) is 6.40. The molecule has 0 aliphatic rings. The van der Waals surface area contributed by atoms with E-state index >= 15 is 0 Å². The summed E-state index contributed by atoms with van der Waals surface area (Å²) in [5, 5.41) is 14.3. The molecule has 0 unspecified atom stereocenters. The number of aryl methyl sites for hydroxylation is 1. The number of nitrogens with one attached hydrogen (secondary N) is 2. The van der Waals surface area contributed by atoms with E-state index in [1.54, 1.807) is 36.4 Å². The molecule has 0 aliphatic heterocycles. The number of benzene rings is 2. The van der Waals surface area contributed by atoms with Crippen molar-refractivity contribution < 1.29 is 24.2 Å². The molecule has 0 spiro atoms. The van der Waals surface area contributed by atoms with Gasteiger partial charge in [0.05, 0.1) is 19.8 Å². The molecule has 0 radical (unpaired) electrons. The molecular formula is C23H28N2O5. The van der Waals surface area contributed by atoms with E-state index in [1.807, 2.05) is 32.9 Å². The third kappa shape index (κ3) is 6.35. The van der Waals surface area contributed by atoms with Crippen LogP contribution in [-0.4, -0.2) is 43.3 Å². The van der Waals surface area contributed by atoms with Crippen molar-refractivity contribution in [1.29, 1.82) is 0 Å². The van der Waals surface area contributed by atoms with Gasteiger partial charge in [0.25, 0.3) is 11.8 Å². The van der Waals surface area contributed by atoms with Crippen molar-refractivity contribution in [2.75, 3.05) is 26.4 Å². The number of hydrogen-bond donors (Lipinski definition) is 3. The van der Waals surface area contributed by atoms with Crippen molar-refractivity contribution in [2.45, 2.75) is 20.8 Å². The molecule has 7 heteroatoms. The third-order valence-electron chi connectivity index (χ3n) is 4.16. The van der Waals surface area contributed by atoms with Crippen LogP contribution in [0.4, 0.5) is 0 Å². The first kappa shape index (κ1) is 23.0. The Labute approximate surface area is 176 Å². The number of rotatable bonds is 10. The molecule has 3 N–H and O–H groups in total. The van der Waals surface area contributed by atoms with Crippen molar-refractivity contribution in [2.24, 2.45) is 0 Å².